The fourth-order valence-electron chi connectivity index (χ4n) is 2.87. The third kappa shape index (κ3) is 3.78. The molecule has 0 aliphatic carbocycles. The van der Waals surface area contributed by atoms with Crippen molar-refractivity contribution in [1.29, 1.82) is 0 Å². The van der Waals surface area contributed by atoms with Gasteiger partial charge in [-0.1, -0.05) is 17.7 Å². The molecule has 0 fully saturated rings. The van der Waals surface area contributed by atoms with Crippen LogP contribution in [0.15, 0.2) is 47.5 Å². The van der Waals surface area contributed by atoms with Gasteiger partial charge in [0.2, 0.25) is 6.79 Å². The van der Waals surface area contributed by atoms with Crippen molar-refractivity contribution in [2.75, 3.05) is 12.1 Å². The molecule has 0 saturated heterocycles. The van der Waals surface area contributed by atoms with E-state index in [0.717, 1.165) is 22.4 Å². The molecule has 0 unspecified atom stereocenters. The second kappa shape index (κ2) is 7.52. The van der Waals surface area contributed by atoms with Gasteiger partial charge in [-0.05, 0) is 36.8 Å². The van der Waals surface area contributed by atoms with Gasteiger partial charge in [-0.15, -0.1) is 0 Å². The first-order valence-electron chi connectivity index (χ1n) is 8.71. The van der Waals surface area contributed by atoms with E-state index in [1.807, 2.05) is 19.1 Å². The van der Waals surface area contributed by atoms with Crippen molar-refractivity contribution in [2.45, 2.75) is 19.1 Å². The van der Waals surface area contributed by atoms with E-state index in [-0.39, 0.29) is 29.4 Å². The van der Waals surface area contributed by atoms with Gasteiger partial charge in [-0.2, -0.15) is 23.0 Å². The van der Waals surface area contributed by atoms with Gasteiger partial charge in [-0.25, -0.2) is 4.98 Å². The number of hydrogen-bond donors (Lipinski definition) is 1. The van der Waals surface area contributed by atoms with Crippen LogP contribution in [0, 0.1) is 0 Å². The van der Waals surface area contributed by atoms with Crippen LogP contribution in [0.5, 0.6) is 11.5 Å². The number of aromatic nitrogens is 3. The summed E-state index contributed by atoms with van der Waals surface area (Å²) in [5, 5.41) is 6.90. The first kappa shape index (κ1) is 20.0. The SMILES string of the molecule is C[C@H](Nc1cnn(-c2ccc(C(F)(F)F)cn2)c(=O)c1Cl)c1ccc2c(c1)OCO2. The lowest BCUT2D eigenvalue weighted by Gasteiger charge is -2.17. The number of hydrogen-bond acceptors (Lipinski definition) is 6. The van der Waals surface area contributed by atoms with Crippen LogP contribution in [0.25, 0.3) is 5.82 Å². The minimum absolute atomic E-state index is 0.0785. The molecule has 0 spiro atoms. The smallest absolute Gasteiger partial charge is 0.417 e. The van der Waals surface area contributed by atoms with Crippen molar-refractivity contribution in [3.05, 3.63) is 69.2 Å². The lowest BCUT2D eigenvalue weighted by molar-refractivity contribution is -0.137. The van der Waals surface area contributed by atoms with Gasteiger partial charge >= 0.3 is 6.18 Å². The Bertz CT molecular complexity index is 1150. The van der Waals surface area contributed by atoms with Gasteiger partial charge in [-0.3, -0.25) is 4.79 Å². The summed E-state index contributed by atoms with van der Waals surface area (Å²) in [6.45, 7) is 2.02. The molecule has 0 saturated carbocycles. The summed E-state index contributed by atoms with van der Waals surface area (Å²) in [6, 6.07) is 7.06. The van der Waals surface area contributed by atoms with E-state index in [0.29, 0.717) is 17.7 Å². The topological polar surface area (TPSA) is 78.3 Å². The number of nitrogens with one attached hydrogen (secondary N) is 1. The molecule has 2 aromatic heterocycles. The Kier molecular flexibility index (Phi) is 5.02. The van der Waals surface area contributed by atoms with Crippen LogP contribution in [0.3, 0.4) is 0 Å². The number of ether oxygens (including phenoxy) is 2. The van der Waals surface area contributed by atoms with Crippen LogP contribution in [0.1, 0.15) is 24.1 Å². The molecule has 3 aromatic rings. The Morgan fingerprint density at radius 1 is 1.17 bits per heavy atom. The third-order valence-corrected chi connectivity index (χ3v) is 4.85. The lowest BCUT2D eigenvalue weighted by atomic mass is 10.1. The zero-order chi connectivity index (χ0) is 21.5. The lowest BCUT2D eigenvalue weighted by Crippen LogP contribution is -2.24. The molecule has 7 nitrogen and oxygen atoms in total. The maximum atomic E-state index is 12.7. The minimum atomic E-state index is -4.53. The first-order chi connectivity index (χ1) is 14.2. The normalized spacial score (nSPS) is 13.9. The maximum Gasteiger partial charge on any atom is 0.417 e. The van der Waals surface area contributed by atoms with Gasteiger partial charge in [0.1, 0.15) is 5.02 Å². The predicted octanol–water partition coefficient (Wildman–Crippen LogP) is 4.20. The van der Waals surface area contributed by atoms with Crippen molar-refractivity contribution in [3.8, 4) is 17.3 Å². The molecule has 0 amide bonds. The average Bonchev–Trinajstić information content (AvgIpc) is 3.19. The standard InChI is InChI=1S/C19H14ClF3N4O3/c1-10(11-2-4-14-15(6-11)30-9-29-14)26-13-8-25-27(18(28)17(13)20)16-5-3-12(7-24-16)19(21,22)23/h2-8,10,26H,9H2,1H3/t10-/m0/s1. The molecule has 1 atom stereocenters. The highest BCUT2D eigenvalue weighted by Gasteiger charge is 2.30. The number of pyridine rings is 1. The number of fused-ring (bicyclic) bond motifs is 1. The second-order valence-corrected chi connectivity index (χ2v) is 6.85. The summed E-state index contributed by atoms with van der Waals surface area (Å²) in [7, 11) is 0. The maximum absolute atomic E-state index is 12.7. The van der Waals surface area contributed by atoms with Crippen molar-refractivity contribution < 1.29 is 22.6 Å². The summed E-state index contributed by atoms with van der Waals surface area (Å²) >= 11 is 6.19. The molecule has 1 aromatic carbocycles. The molecule has 1 N–H and O–H groups in total. The monoisotopic (exact) mass is 438 g/mol. The largest absolute Gasteiger partial charge is 0.454 e. The van der Waals surface area contributed by atoms with E-state index in [2.05, 4.69) is 15.4 Å². The number of halogens is 4. The molecule has 1 aliphatic rings. The van der Waals surface area contributed by atoms with E-state index < -0.39 is 17.3 Å². The average molecular weight is 439 g/mol. The first-order valence-corrected chi connectivity index (χ1v) is 9.09. The van der Waals surface area contributed by atoms with E-state index in [9.17, 15) is 18.0 Å². The minimum Gasteiger partial charge on any atom is -0.454 e. The van der Waals surface area contributed by atoms with Crippen molar-refractivity contribution in [1.82, 2.24) is 14.8 Å². The van der Waals surface area contributed by atoms with Gasteiger partial charge in [0, 0.05) is 12.2 Å². The third-order valence-electron chi connectivity index (χ3n) is 4.48. The Morgan fingerprint density at radius 3 is 2.63 bits per heavy atom. The Hall–Kier alpha value is -3.27. The number of anilines is 1. The van der Waals surface area contributed by atoms with Crippen molar-refractivity contribution in [3.63, 3.8) is 0 Å². The highest BCUT2D eigenvalue weighted by molar-refractivity contribution is 6.32. The van der Waals surface area contributed by atoms with Gasteiger partial charge < -0.3 is 14.8 Å². The summed E-state index contributed by atoms with van der Waals surface area (Å²) in [5.41, 5.74) is -0.507. The molecular weight excluding hydrogens is 425 g/mol. The van der Waals surface area contributed by atoms with Gasteiger partial charge in [0.05, 0.1) is 17.4 Å². The number of rotatable bonds is 4. The van der Waals surface area contributed by atoms with Crippen LogP contribution in [0.2, 0.25) is 5.02 Å². The Morgan fingerprint density at radius 2 is 1.93 bits per heavy atom. The highest BCUT2D eigenvalue weighted by atomic mass is 35.5. The summed E-state index contributed by atoms with van der Waals surface area (Å²) < 4.78 is 49.5. The quantitative estimate of drug-likeness (QED) is 0.657. The molecule has 11 heteroatoms. The summed E-state index contributed by atoms with van der Waals surface area (Å²) in [4.78, 5) is 16.2. The number of nitrogens with zero attached hydrogens (tertiary/aromatic N) is 3. The Labute approximate surface area is 173 Å². The van der Waals surface area contributed by atoms with Crippen LogP contribution in [-0.2, 0) is 6.18 Å². The zero-order valence-corrected chi connectivity index (χ0v) is 16.2. The number of alkyl halides is 3. The molecular formula is C19H14ClF3N4O3. The van der Waals surface area contributed by atoms with Gasteiger partial charge in [0.15, 0.2) is 17.3 Å². The van der Waals surface area contributed by atoms with Gasteiger partial charge in [0.25, 0.3) is 5.56 Å². The molecule has 30 heavy (non-hydrogen) atoms. The van der Waals surface area contributed by atoms with E-state index >= 15 is 0 Å². The highest BCUT2D eigenvalue weighted by Crippen LogP contribution is 2.35. The van der Waals surface area contributed by atoms with Crippen LogP contribution < -0.4 is 20.3 Å². The number of benzene rings is 1. The van der Waals surface area contributed by atoms with E-state index in [4.69, 9.17) is 21.1 Å². The fourth-order valence-corrected chi connectivity index (χ4v) is 3.06. The summed E-state index contributed by atoms with van der Waals surface area (Å²) in [6.07, 6.45) is -2.59. The van der Waals surface area contributed by atoms with Crippen LogP contribution in [-0.4, -0.2) is 21.6 Å². The van der Waals surface area contributed by atoms with Crippen LogP contribution >= 0.6 is 11.6 Å². The second-order valence-electron chi connectivity index (χ2n) is 6.47. The molecule has 1 aliphatic heterocycles. The van der Waals surface area contributed by atoms with Crippen molar-refractivity contribution >= 4 is 17.3 Å². The molecule has 4 rings (SSSR count). The molecule has 0 radical (unpaired) electrons. The molecule has 3 heterocycles. The van der Waals surface area contributed by atoms with Crippen molar-refractivity contribution in [2.24, 2.45) is 0 Å². The predicted molar refractivity (Wildman–Crippen MR) is 102 cm³/mol. The molecule has 156 valence electrons. The summed E-state index contributed by atoms with van der Waals surface area (Å²) in [5.74, 6) is 1.19. The Balaban J connectivity index is 1.58. The van der Waals surface area contributed by atoms with Crippen LogP contribution in [0.4, 0.5) is 18.9 Å². The fraction of sp³-hybridized carbons (Fsp3) is 0.211. The van der Waals surface area contributed by atoms with E-state index in [1.54, 1.807) is 6.07 Å². The zero-order valence-electron chi connectivity index (χ0n) is 15.4. The molecule has 0 bridgehead atoms. The van der Waals surface area contributed by atoms with E-state index in [1.165, 1.54) is 6.20 Å².